The van der Waals surface area contributed by atoms with Crippen LogP contribution in [0.1, 0.15) is 16.2 Å². The molecule has 0 unspecified atom stereocenters. The van der Waals surface area contributed by atoms with Crippen LogP contribution in [0.25, 0.3) is 0 Å². The summed E-state index contributed by atoms with van der Waals surface area (Å²) >= 11 is 0. The Morgan fingerprint density at radius 1 is 1.53 bits per heavy atom. The minimum absolute atomic E-state index is 0.0131. The van der Waals surface area contributed by atoms with Gasteiger partial charge in [-0.1, -0.05) is 0 Å². The molecular weight excluding hydrogens is 225 g/mol. The van der Waals surface area contributed by atoms with Crippen molar-refractivity contribution >= 4 is 11.5 Å². The number of ketones is 1. The predicted octanol–water partition coefficient (Wildman–Crippen LogP) is 0.357. The Labute approximate surface area is 96.2 Å². The molecule has 0 aliphatic rings. The molecule has 1 aromatic carbocycles. The van der Waals surface area contributed by atoms with Crippen molar-refractivity contribution in [2.24, 2.45) is 7.05 Å². The summed E-state index contributed by atoms with van der Waals surface area (Å²) in [4.78, 5) is 13.0. The first-order valence-electron chi connectivity index (χ1n) is 4.87. The van der Waals surface area contributed by atoms with Crippen molar-refractivity contribution in [3.8, 4) is 0 Å². The number of anilines is 1. The Hall–Kier alpha value is -2.31. The van der Waals surface area contributed by atoms with E-state index in [1.807, 2.05) is 0 Å². The van der Waals surface area contributed by atoms with Gasteiger partial charge in [0.2, 0.25) is 0 Å². The highest BCUT2D eigenvalue weighted by molar-refractivity contribution is 5.97. The lowest BCUT2D eigenvalue weighted by molar-refractivity contribution is 0.0990. The van der Waals surface area contributed by atoms with E-state index in [2.05, 4.69) is 15.4 Å². The molecule has 1 heterocycles. The molecule has 17 heavy (non-hydrogen) atoms. The van der Waals surface area contributed by atoms with Crippen LogP contribution in [-0.2, 0) is 13.5 Å². The van der Waals surface area contributed by atoms with Gasteiger partial charge in [0.25, 0.3) is 0 Å². The van der Waals surface area contributed by atoms with Gasteiger partial charge < -0.3 is 5.73 Å². The molecule has 0 aliphatic carbocycles. The third-order valence-corrected chi connectivity index (χ3v) is 2.19. The summed E-state index contributed by atoms with van der Waals surface area (Å²) in [5, 5.41) is 11.2. The Kier molecular flexibility index (Phi) is 2.82. The molecule has 0 saturated heterocycles. The van der Waals surface area contributed by atoms with Crippen molar-refractivity contribution in [1.29, 1.82) is 0 Å². The van der Waals surface area contributed by atoms with Crippen LogP contribution < -0.4 is 5.73 Å². The van der Waals surface area contributed by atoms with Gasteiger partial charge in [-0.05, 0) is 23.4 Å². The molecule has 0 aliphatic heterocycles. The van der Waals surface area contributed by atoms with Crippen LogP contribution in [0.3, 0.4) is 0 Å². The Bertz CT molecular complexity index is 566. The van der Waals surface area contributed by atoms with Crippen LogP contribution in [0, 0.1) is 5.82 Å². The highest BCUT2D eigenvalue weighted by Gasteiger charge is 2.12. The van der Waals surface area contributed by atoms with Gasteiger partial charge in [-0.25, -0.2) is 4.39 Å². The van der Waals surface area contributed by atoms with E-state index in [4.69, 9.17) is 5.73 Å². The zero-order valence-electron chi connectivity index (χ0n) is 9.09. The normalized spacial score (nSPS) is 10.5. The maximum atomic E-state index is 13.2. The van der Waals surface area contributed by atoms with Gasteiger partial charge in [-0.15, -0.1) is 10.2 Å². The zero-order chi connectivity index (χ0) is 12.4. The monoisotopic (exact) mass is 235 g/mol. The number of carbonyl (C=O) groups excluding carboxylic acids is 1. The fraction of sp³-hybridized carbons (Fsp3) is 0.200. The molecule has 1 aromatic heterocycles. The number of benzene rings is 1. The van der Waals surface area contributed by atoms with Gasteiger partial charge in [0, 0.05) is 5.56 Å². The molecule has 7 heteroatoms. The van der Waals surface area contributed by atoms with Crippen LogP contribution >= 0.6 is 0 Å². The van der Waals surface area contributed by atoms with Crippen LogP contribution in [-0.4, -0.2) is 26.0 Å². The van der Waals surface area contributed by atoms with Crippen LogP contribution in [0.15, 0.2) is 18.2 Å². The molecular formula is C10H10FN5O. The first-order chi connectivity index (χ1) is 8.06. The predicted molar refractivity (Wildman–Crippen MR) is 57.6 cm³/mol. The second-order valence-electron chi connectivity index (χ2n) is 3.53. The number of rotatable bonds is 3. The van der Waals surface area contributed by atoms with Crippen molar-refractivity contribution in [3.05, 3.63) is 35.4 Å². The third-order valence-electron chi connectivity index (χ3n) is 2.19. The molecule has 2 aromatic rings. The number of aromatic nitrogens is 4. The molecule has 88 valence electrons. The lowest BCUT2D eigenvalue weighted by Crippen LogP contribution is -2.06. The molecule has 0 radical (unpaired) electrons. The Morgan fingerprint density at radius 2 is 2.29 bits per heavy atom. The van der Waals surface area contributed by atoms with Gasteiger partial charge in [-0.2, -0.15) is 4.80 Å². The minimum Gasteiger partial charge on any atom is -0.396 e. The fourth-order valence-electron chi connectivity index (χ4n) is 1.34. The van der Waals surface area contributed by atoms with E-state index in [1.54, 1.807) is 7.05 Å². The number of hydrogen-bond acceptors (Lipinski definition) is 5. The molecule has 0 fully saturated rings. The Balaban J connectivity index is 2.17. The molecule has 0 atom stereocenters. The van der Waals surface area contributed by atoms with E-state index in [1.165, 1.54) is 16.9 Å². The second kappa shape index (κ2) is 4.28. The first kappa shape index (κ1) is 11.2. The number of nitrogen functional groups attached to an aromatic ring is 1. The SMILES string of the molecule is Cn1nnc(CC(=O)c2ccc(N)c(F)c2)n1. The number of halogens is 1. The van der Waals surface area contributed by atoms with Crippen molar-refractivity contribution in [3.63, 3.8) is 0 Å². The number of aryl methyl sites for hydroxylation is 1. The standard InChI is InChI=1S/C10H10FN5O/c1-16-14-10(13-15-16)5-9(17)6-2-3-8(12)7(11)4-6/h2-4H,5,12H2,1H3. The molecule has 2 rings (SSSR count). The maximum absolute atomic E-state index is 13.2. The third kappa shape index (κ3) is 2.44. The molecule has 0 amide bonds. The van der Waals surface area contributed by atoms with E-state index in [9.17, 15) is 9.18 Å². The van der Waals surface area contributed by atoms with Gasteiger partial charge in [0.1, 0.15) is 5.82 Å². The largest absolute Gasteiger partial charge is 0.396 e. The van der Waals surface area contributed by atoms with E-state index >= 15 is 0 Å². The highest BCUT2D eigenvalue weighted by atomic mass is 19.1. The van der Waals surface area contributed by atoms with E-state index < -0.39 is 5.82 Å². The number of nitrogens with two attached hydrogens (primary N) is 1. The smallest absolute Gasteiger partial charge is 0.182 e. The molecule has 0 spiro atoms. The lowest BCUT2D eigenvalue weighted by atomic mass is 10.1. The second-order valence-corrected chi connectivity index (χ2v) is 3.53. The number of tetrazole rings is 1. The molecule has 0 bridgehead atoms. The van der Waals surface area contributed by atoms with Crippen LogP contribution in [0.5, 0.6) is 0 Å². The average molecular weight is 235 g/mol. The highest BCUT2D eigenvalue weighted by Crippen LogP contribution is 2.13. The number of nitrogens with zero attached hydrogens (tertiary/aromatic N) is 4. The number of carbonyl (C=O) groups is 1. The van der Waals surface area contributed by atoms with E-state index in [0.29, 0.717) is 5.82 Å². The van der Waals surface area contributed by atoms with Crippen molar-refractivity contribution in [2.75, 3.05) is 5.73 Å². The van der Waals surface area contributed by atoms with Crippen LogP contribution in [0.4, 0.5) is 10.1 Å². The molecule has 6 nitrogen and oxygen atoms in total. The summed E-state index contributed by atoms with van der Waals surface area (Å²) in [5.74, 6) is -0.588. The number of Topliss-reactive ketones (excluding diaryl/α,β-unsaturated/α-hetero) is 1. The summed E-state index contributed by atoms with van der Waals surface area (Å²) < 4.78 is 13.2. The van der Waals surface area contributed by atoms with Gasteiger partial charge in [0.05, 0.1) is 19.2 Å². The first-order valence-corrected chi connectivity index (χ1v) is 4.87. The topological polar surface area (TPSA) is 86.7 Å². The summed E-state index contributed by atoms with van der Waals surface area (Å²) in [6.07, 6.45) is -0.0167. The number of hydrogen-bond donors (Lipinski definition) is 1. The summed E-state index contributed by atoms with van der Waals surface area (Å²) in [5.41, 5.74) is 5.57. The minimum atomic E-state index is -0.608. The molecule has 2 N–H and O–H groups in total. The van der Waals surface area contributed by atoms with Gasteiger partial charge in [-0.3, -0.25) is 4.79 Å². The zero-order valence-corrected chi connectivity index (χ0v) is 9.09. The van der Waals surface area contributed by atoms with Crippen molar-refractivity contribution in [1.82, 2.24) is 20.2 Å². The summed E-state index contributed by atoms with van der Waals surface area (Å²) in [6.45, 7) is 0. The quantitative estimate of drug-likeness (QED) is 0.613. The van der Waals surface area contributed by atoms with E-state index in [-0.39, 0.29) is 23.5 Å². The average Bonchev–Trinajstić information content (AvgIpc) is 2.68. The van der Waals surface area contributed by atoms with Gasteiger partial charge >= 0.3 is 0 Å². The molecule has 0 saturated carbocycles. The summed E-state index contributed by atoms with van der Waals surface area (Å²) in [6, 6.07) is 3.93. The van der Waals surface area contributed by atoms with Crippen molar-refractivity contribution < 1.29 is 9.18 Å². The summed E-state index contributed by atoms with van der Waals surface area (Å²) in [7, 11) is 1.60. The fourth-order valence-corrected chi connectivity index (χ4v) is 1.34. The lowest BCUT2D eigenvalue weighted by Gasteiger charge is -2.00. The Morgan fingerprint density at radius 3 is 2.88 bits per heavy atom. The van der Waals surface area contributed by atoms with Gasteiger partial charge in [0.15, 0.2) is 11.6 Å². The van der Waals surface area contributed by atoms with E-state index in [0.717, 1.165) is 6.07 Å². The maximum Gasteiger partial charge on any atom is 0.182 e. The van der Waals surface area contributed by atoms with Crippen molar-refractivity contribution in [2.45, 2.75) is 6.42 Å². The van der Waals surface area contributed by atoms with Crippen LogP contribution in [0.2, 0.25) is 0 Å².